The molecule has 0 bridgehead atoms. The van der Waals surface area contributed by atoms with E-state index in [2.05, 4.69) is 15.9 Å². The minimum Gasteiger partial charge on any atom is -0.508 e. The summed E-state index contributed by atoms with van der Waals surface area (Å²) in [5.41, 5.74) is 1.03. The molecule has 66 valence electrons. The topological polar surface area (TPSA) is 40.5 Å². The van der Waals surface area contributed by atoms with Gasteiger partial charge in [0.25, 0.3) is 0 Å². The van der Waals surface area contributed by atoms with E-state index in [1.807, 2.05) is 6.07 Å². The number of hydrogen-bond acceptors (Lipinski definition) is 2. The summed E-state index contributed by atoms with van der Waals surface area (Å²) in [5, 5.41) is 17.8. The molecule has 0 saturated heterocycles. The van der Waals surface area contributed by atoms with Crippen molar-refractivity contribution in [3.63, 3.8) is 0 Å². The minimum atomic E-state index is 0.183. The highest BCUT2D eigenvalue weighted by Crippen LogP contribution is 2.22. The highest BCUT2D eigenvalue weighted by Gasteiger charge is 1.99. The molecule has 0 aliphatic rings. The second-order valence-electron chi connectivity index (χ2n) is 2.60. The summed E-state index contributed by atoms with van der Waals surface area (Å²) in [7, 11) is 0. The molecular weight excluding hydrogens is 220 g/mol. The van der Waals surface area contributed by atoms with Crippen LogP contribution in [-0.2, 0) is 6.42 Å². The van der Waals surface area contributed by atoms with E-state index in [-0.39, 0.29) is 12.4 Å². The van der Waals surface area contributed by atoms with Gasteiger partial charge in [-0.25, -0.2) is 0 Å². The molecule has 0 fully saturated rings. The van der Waals surface area contributed by atoms with E-state index in [1.165, 1.54) is 0 Å². The summed E-state index contributed by atoms with van der Waals surface area (Å²) in [6.45, 7) is 0.183. The van der Waals surface area contributed by atoms with Crippen molar-refractivity contribution in [3.8, 4) is 5.75 Å². The van der Waals surface area contributed by atoms with Crippen LogP contribution in [0.4, 0.5) is 0 Å². The van der Waals surface area contributed by atoms with Crippen molar-refractivity contribution < 1.29 is 10.2 Å². The first-order chi connectivity index (χ1) is 5.74. The lowest BCUT2D eigenvalue weighted by molar-refractivity contribution is 0.288. The van der Waals surface area contributed by atoms with E-state index in [0.29, 0.717) is 0 Å². The summed E-state index contributed by atoms with van der Waals surface area (Å²) < 4.78 is 0.980. The Bertz CT molecular complexity index is 261. The molecule has 0 saturated carbocycles. The third kappa shape index (κ3) is 2.50. The number of aliphatic hydroxyl groups excluding tert-OH is 1. The first kappa shape index (κ1) is 9.55. The fraction of sp³-hybridized carbons (Fsp3) is 0.333. The van der Waals surface area contributed by atoms with Crippen molar-refractivity contribution in [2.24, 2.45) is 0 Å². The van der Waals surface area contributed by atoms with Gasteiger partial charge in [0.1, 0.15) is 5.75 Å². The lowest BCUT2D eigenvalue weighted by Gasteiger charge is -2.03. The van der Waals surface area contributed by atoms with Crippen LogP contribution in [0, 0.1) is 0 Å². The fourth-order valence-electron chi connectivity index (χ4n) is 1.02. The molecule has 0 heterocycles. The lowest BCUT2D eigenvalue weighted by Crippen LogP contribution is -1.90. The Labute approximate surface area is 80.0 Å². The van der Waals surface area contributed by atoms with Gasteiger partial charge < -0.3 is 10.2 Å². The van der Waals surface area contributed by atoms with Gasteiger partial charge in [-0.1, -0.05) is 15.9 Å². The Morgan fingerprint density at radius 1 is 1.33 bits per heavy atom. The number of rotatable bonds is 3. The summed E-state index contributed by atoms with van der Waals surface area (Å²) in [6, 6.07) is 5.15. The van der Waals surface area contributed by atoms with Crippen LogP contribution in [0.15, 0.2) is 22.7 Å². The zero-order valence-electron chi connectivity index (χ0n) is 6.63. The number of phenolic OH excluding ortho intramolecular Hbond substituents is 1. The summed E-state index contributed by atoms with van der Waals surface area (Å²) in [6.07, 6.45) is 1.51. The van der Waals surface area contributed by atoms with Gasteiger partial charge >= 0.3 is 0 Å². The van der Waals surface area contributed by atoms with E-state index >= 15 is 0 Å². The normalized spacial score (nSPS) is 10.2. The van der Waals surface area contributed by atoms with E-state index in [1.54, 1.807) is 12.1 Å². The van der Waals surface area contributed by atoms with E-state index in [9.17, 15) is 0 Å². The van der Waals surface area contributed by atoms with Gasteiger partial charge in [0.2, 0.25) is 0 Å². The molecule has 3 heteroatoms. The zero-order valence-corrected chi connectivity index (χ0v) is 8.21. The number of benzene rings is 1. The maximum atomic E-state index is 9.15. The second-order valence-corrected chi connectivity index (χ2v) is 3.46. The first-order valence-corrected chi connectivity index (χ1v) is 4.61. The molecule has 0 aliphatic carbocycles. The van der Waals surface area contributed by atoms with Crippen molar-refractivity contribution in [1.29, 1.82) is 0 Å². The molecule has 1 aromatic carbocycles. The number of halogens is 1. The smallest absolute Gasteiger partial charge is 0.115 e. The van der Waals surface area contributed by atoms with Gasteiger partial charge in [-0.05, 0) is 36.6 Å². The van der Waals surface area contributed by atoms with Crippen LogP contribution in [0.1, 0.15) is 12.0 Å². The average Bonchev–Trinajstić information content (AvgIpc) is 2.07. The molecule has 1 rings (SSSR count). The number of phenols is 1. The number of hydrogen-bond donors (Lipinski definition) is 2. The van der Waals surface area contributed by atoms with Crippen molar-refractivity contribution >= 4 is 15.9 Å². The SMILES string of the molecule is OCCCc1cc(O)ccc1Br. The number of aryl methyl sites for hydroxylation is 1. The van der Waals surface area contributed by atoms with Crippen molar-refractivity contribution in [2.45, 2.75) is 12.8 Å². The quantitative estimate of drug-likeness (QED) is 0.835. The molecular formula is C9H11BrO2. The molecule has 0 aromatic heterocycles. The highest BCUT2D eigenvalue weighted by molar-refractivity contribution is 9.10. The van der Waals surface area contributed by atoms with Crippen LogP contribution in [0.5, 0.6) is 5.75 Å². The Balaban J connectivity index is 2.75. The number of aliphatic hydroxyl groups is 1. The molecule has 0 spiro atoms. The van der Waals surface area contributed by atoms with Gasteiger partial charge in [-0.15, -0.1) is 0 Å². The van der Waals surface area contributed by atoms with Crippen LogP contribution >= 0.6 is 15.9 Å². The summed E-state index contributed by atoms with van der Waals surface area (Å²) in [4.78, 5) is 0. The van der Waals surface area contributed by atoms with Crippen molar-refractivity contribution in [2.75, 3.05) is 6.61 Å². The zero-order chi connectivity index (χ0) is 8.97. The Morgan fingerprint density at radius 2 is 2.08 bits per heavy atom. The molecule has 12 heavy (non-hydrogen) atoms. The van der Waals surface area contributed by atoms with Crippen LogP contribution in [0.3, 0.4) is 0 Å². The van der Waals surface area contributed by atoms with Crippen LogP contribution in [0.25, 0.3) is 0 Å². The van der Waals surface area contributed by atoms with Crippen molar-refractivity contribution in [1.82, 2.24) is 0 Å². The monoisotopic (exact) mass is 230 g/mol. The van der Waals surface area contributed by atoms with Gasteiger partial charge in [-0.2, -0.15) is 0 Å². The maximum Gasteiger partial charge on any atom is 0.115 e. The van der Waals surface area contributed by atoms with E-state index in [0.717, 1.165) is 22.9 Å². The molecule has 2 nitrogen and oxygen atoms in total. The van der Waals surface area contributed by atoms with E-state index in [4.69, 9.17) is 10.2 Å². The van der Waals surface area contributed by atoms with Crippen LogP contribution in [0.2, 0.25) is 0 Å². The third-order valence-electron chi connectivity index (χ3n) is 1.63. The Morgan fingerprint density at radius 3 is 2.75 bits per heavy atom. The molecule has 2 N–H and O–H groups in total. The summed E-state index contributed by atoms with van der Waals surface area (Å²) >= 11 is 3.37. The Hall–Kier alpha value is -0.540. The van der Waals surface area contributed by atoms with Gasteiger partial charge in [0.15, 0.2) is 0 Å². The lowest BCUT2D eigenvalue weighted by atomic mass is 10.1. The molecule has 0 atom stereocenters. The molecule has 0 amide bonds. The van der Waals surface area contributed by atoms with Crippen LogP contribution in [-0.4, -0.2) is 16.8 Å². The largest absolute Gasteiger partial charge is 0.508 e. The Kier molecular flexibility index (Phi) is 3.56. The van der Waals surface area contributed by atoms with Crippen LogP contribution < -0.4 is 0 Å². The van der Waals surface area contributed by atoms with E-state index < -0.39 is 0 Å². The molecule has 1 aromatic rings. The minimum absolute atomic E-state index is 0.183. The highest BCUT2D eigenvalue weighted by atomic mass is 79.9. The van der Waals surface area contributed by atoms with Gasteiger partial charge in [0, 0.05) is 11.1 Å². The molecule has 0 radical (unpaired) electrons. The average molecular weight is 231 g/mol. The predicted molar refractivity (Wildman–Crippen MR) is 51.2 cm³/mol. The third-order valence-corrected chi connectivity index (χ3v) is 2.41. The van der Waals surface area contributed by atoms with Crippen molar-refractivity contribution in [3.05, 3.63) is 28.2 Å². The summed E-state index contributed by atoms with van der Waals surface area (Å²) in [5.74, 6) is 0.270. The van der Waals surface area contributed by atoms with Gasteiger partial charge in [-0.3, -0.25) is 0 Å². The maximum absolute atomic E-state index is 9.15. The van der Waals surface area contributed by atoms with Gasteiger partial charge in [0.05, 0.1) is 0 Å². The first-order valence-electron chi connectivity index (χ1n) is 3.82. The fourth-order valence-corrected chi connectivity index (χ4v) is 1.47. The predicted octanol–water partition coefficient (Wildman–Crippen LogP) is 2.08. The standard InChI is InChI=1S/C9H11BrO2/c10-9-4-3-8(12)6-7(9)2-1-5-11/h3-4,6,11-12H,1-2,5H2. The molecule has 0 unspecified atom stereocenters. The number of aromatic hydroxyl groups is 1. The molecule has 0 aliphatic heterocycles. The second kappa shape index (κ2) is 4.48.